The molecule has 0 aliphatic rings. The van der Waals surface area contributed by atoms with Crippen LogP contribution in [0.2, 0.25) is 0 Å². The van der Waals surface area contributed by atoms with E-state index in [1.54, 1.807) is 12.1 Å². The molecular weight excluding hydrogens is 422 g/mol. The first-order chi connectivity index (χ1) is 12.8. The minimum absolute atomic E-state index is 0.272. The summed E-state index contributed by atoms with van der Waals surface area (Å²) in [5.41, 5.74) is 1.14. The first-order valence-electron chi connectivity index (χ1n) is 8.12. The predicted octanol–water partition coefficient (Wildman–Crippen LogP) is 1.78. The van der Waals surface area contributed by atoms with E-state index in [4.69, 9.17) is 0 Å². The van der Waals surface area contributed by atoms with Crippen LogP contribution in [0, 0.1) is 0 Å². The summed E-state index contributed by atoms with van der Waals surface area (Å²) < 4.78 is 14.4. The van der Waals surface area contributed by atoms with Crippen LogP contribution < -0.4 is 5.32 Å². The fourth-order valence-electron chi connectivity index (χ4n) is 2.29. The third kappa shape index (κ3) is 7.78. The maximum atomic E-state index is 12.5. The van der Waals surface area contributed by atoms with Gasteiger partial charge in [-0.2, -0.15) is 0 Å². The van der Waals surface area contributed by atoms with E-state index >= 15 is 0 Å². The zero-order chi connectivity index (χ0) is 20.4. The van der Waals surface area contributed by atoms with Gasteiger partial charge in [0.1, 0.15) is 6.04 Å². The molecule has 0 fully saturated rings. The van der Waals surface area contributed by atoms with Gasteiger partial charge in [0, 0.05) is 16.5 Å². The minimum Gasteiger partial charge on any atom is -0.469 e. The molecule has 0 saturated heterocycles. The van der Waals surface area contributed by atoms with Crippen LogP contribution in [0.3, 0.4) is 0 Å². The van der Waals surface area contributed by atoms with Gasteiger partial charge in [0.05, 0.1) is 27.8 Å². The largest absolute Gasteiger partial charge is 0.469 e. The molecule has 0 radical (unpaired) electrons. The lowest BCUT2D eigenvalue weighted by Gasteiger charge is -2.16. The van der Waals surface area contributed by atoms with Gasteiger partial charge in [0.15, 0.2) is 0 Å². The molecule has 1 N–H and O–H groups in total. The summed E-state index contributed by atoms with van der Waals surface area (Å²) in [6, 6.07) is 3.92. The summed E-state index contributed by atoms with van der Waals surface area (Å²) in [6.07, 6.45) is 1.07. The molecule has 0 saturated carbocycles. The average Bonchev–Trinajstić information content (AvgIpc) is 2.65. The highest BCUT2D eigenvalue weighted by molar-refractivity contribution is 9.10. The molecule has 0 spiro atoms. The fraction of sp³-hybridized carbons (Fsp3) is 0.444. The zero-order valence-electron chi connectivity index (χ0n) is 15.4. The highest BCUT2D eigenvalue weighted by Gasteiger charge is 2.25. The van der Waals surface area contributed by atoms with Crippen LogP contribution in [0.1, 0.15) is 35.2 Å². The molecule has 1 amide bonds. The van der Waals surface area contributed by atoms with Crippen LogP contribution in [-0.2, 0) is 35.0 Å². The Morgan fingerprint density at radius 1 is 1.00 bits per heavy atom. The van der Waals surface area contributed by atoms with Crippen molar-refractivity contribution in [3.05, 3.63) is 33.8 Å². The van der Waals surface area contributed by atoms with E-state index in [1.165, 1.54) is 14.2 Å². The second-order valence-corrected chi connectivity index (χ2v) is 6.52. The Bertz CT molecular complexity index is 705. The lowest BCUT2D eigenvalue weighted by molar-refractivity contribution is -0.149. The van der Waals surface area contributed by atoms with Crippen molar-refractivity contribution in [2.45, 2.75) is 31.7 Å². The monoisotopic (exact) mass is 443 g/mol. The third-order valence-electron chi connectivity index (χ3n) is 3.68. The molecule has 0 aliphatic carbocycles. The number of hydrogen-bond donors (Lipinski definition) is 1. The Hall–Kier alpha value is -2.42. The van der Waals surface area contributed by atoms with Crippen molar-refractivity contribution >= 4 is 39.7 Å². The number of ether oxygens (including phenoxy) is 3. The Morgan fingerprint density at radius 3 is 2.26 bits per heavy atom. The van der Waals surface area contributed by atoms with Crippen LogP contribution in [0.5, 0.6) is 0 Å². The van der Waals surface area contributed by atoms with Crippen molar-refractivity contribution in [2.75, 3.05) is 21.3 Å². The van der Waals surface area contributed by atoms with E-state index in [2.05, 4.69) is 35.5 Å². The van der Waals surface area contributed by atoms with Crippen LogP contribution >= 0.6 is 15.9 Å². The highest BCUT2D eigenvalue weighted by Crippen LogP contribution is 2.18. The molecule has 148 valence electrons. The number of aryl methyl sites for hydroxylation is 1. The van der Waals surface area contributed by atoms with E-state index in [0.29, 0.717) is 22.9 Å². The average molecular weight is 444 g/mol. The Kier molecular flexibility index (Phi) is 9.49. The van der Waals surface area contributed by atoms with E-state index in [9.17, 15) is 19.2 Å². The molecule has 0 bridgehead atoms. The van der Waals surface area contributed by atoms with E-state index in [1.807, 2.05) is 6.07 Å². The summed E-state index contributed by atoms with van der Waals surface area (Å²) in [4.78, 5) is 46.9. The minimum atomic E-state index is -1.16. The van der Waals surface area contributed by atoms with Crippen LogP contribution in [0.15, 0.2) is 22.7 Å². The Labute approximate surface area is 165 Å². The van der Waals surface area contributed by atoms with E-state index < -0.39 is 23.9 Å². The Balaban J connectivity index is 2.86. The molecule has 27 heavy (non-hydrogen) atoms. The normalized spacial score (nSPS) is 11.3. The van der Waals surface area contributed by atoms with E-state index in [0.717, 1.165) is 12.7 Å². The van der Waals surface area contributed by atoms with Gasteiger partial charge in [-0.3, -0.25) is 14.4 Å². The molecule has 1 aromatic rings. The van der Waals surface area contributed by atoms with Gasteiger partial charge in [-0.25, -0.2) is 4.79 Å². The van der Waals surface area contributed by atoms with Gasteiger partial charge in [0.2, 0.25) is 0 Å². The van der Waals surface area contributed by atoms with Crippen LogP contribution in [0.25, 0.3) is 0 Å². The van der Waals surface area contributed by atoms with Gasteiger partial charge in [-0.1, -0.05) is 15.9 Å². The molecule has 1 aromatic carbocycles. The highest BCUT2D eigenvalue weighted by atomic mass is 79.9. The molecule has 0 aliphatic heterocycles. The summed E-state index contributed by atoms with van der Waals surface area (Å²) in [6.45, 7) is 0. The SMILES string of the molecule is COC(=O)CCCc1cc(Br)cc(C(=O)N[C@@H](CC(=O)OC)C(=O)OC)c1. The molecular formula is C18H22BrNO7. The molecule has 0 aromatic heterocycles. The van der Waals surface area contributed by atoms with Crippen molar-refractivity contribution in [1.82, 2.24) is 5.32 Å². The Morgan fingerprint density at radius 2 is 1.67 bits per heavy atom. The fourth-order valence-corrected chi connectivity index (χ4v) is 2.83. The quantitative estimate of drug-likeness (QED) is 0.457. The van der Waals surface area contributed by atoms with Gasteiger partial charge >= 0.3 is 17.9 Å². The van der Waals surface area contributed by atoms with Crippen molar-refractivity contribution in [1.29, 1.82) is 0 Å². The van der Waals surface area contributed by atoms with Gasteiger partial charge < -0.3 is 19.5 Å². The summed E-state index contributed by atoms with van der Waals surface area (Å²) in [5.74, 6) is -2.23. The zero-order valence-corrected chi connectivity index (χ0v) is 17.0. The number of esters is 3. The summed E-state index contributed by atoms with van der Waals surface area (Å²) in [5, 5.41) is 2.48. The number of hydrogen-bond acceptors (Lipinski definition) is 7. The van der Waals surface area contributed by atoms with Crippen molar-refractivity contribution in [3.63, 3.8) is 0 Å². The number of amides is 1. The van der Waals surface area contributed by atoms with Gasteiger partial charge in [-0.05, 0) is 36.6 Å². The maximum Gasteiger partial charge on any atom is 0.328 e. The number of halogens is 1. The molecule has 0 heterocycles. The number of carbonyl (C=O) groups excluding carboxylic acids is 4. The number of benzene rings is 1. The summed E-state index contributed by atoms with van der Waals surface area (Å²) in [7, 11) is 3.68. The standard InChI is InChI=1S/C18H22BrNO7/c1-25-15(21)6-4-5-11-7-12(9-13(19)8-11)17(23)20-14(18(24)27-3)10-16(22)26-2/h7-9,14H,4-6,10H2,1-3H3,(H,20,23)/t14-/m0/s1. The number of rotatable bonds is 9. The maximum absolute atomic E-state index is 12.5. The van der Waals surface area contributed by atoms with Gasteiger partial charge in [-0.15, -0.1) is 0 Å². The topological polar surface area (TPSA) is 108 Å². The van der Waals surface area contributed by atoms with Crippen LogP contribution in [-0.4, -0.2) is 51.2 Å². The number of nitrogens with one attached hydrogen (secondary N) is 1. The van der Waals surface area contributed by atoms with E-state index in [-0.39, 0.29) is 18.8 Å². The second-order valence-electron chi connectivity index (χ2n) is 5.61. The first-order valence-corrected chi connectivity index (χ1v) is 8.91. The molecule has 0 unspecified atom stereocenters. The third-order valence-corrected chi connectivity index (χ3v) is 4.14. The molecule has 8 nitrogen and oxygen atoms in total. The molecule has 9 heteroatoms. The van der Waals surface area contributed by atoms with Crippen molar-refractivity contribution in [3.8, 4) is 0 Å². The number of methoxy groups -OCH3 is 3. The predicted molar refractivity (Wildman–Crippen MR) is 99.0 cm³/mol. The van der Waals surface area contributed by atoms with Crippen molar-refractivity contribution in [2.24, 2.45) is 0 Å². The molecule has 1 atom stereocenters. The smallest absolute Gasteiger partial charge is 0.328 e. The van der Waals surface area contributed by atoms with Gasteiger partial charge in [0.25, 0.3) is 5.91 Å². The van der Waals surface area contributed by atoms with Crippen LogP contribution in [0.4, 0.5) is 0 Å². The first kappa shape index (κ1) is 22.6. The lowest BCUT2D eigenvalue weighted by Crippen LogP contribution is -2.43. The molecule has 1 rings (SSSR count). The summed E-state index contributed by atoms with van der Waals surface area (Å²) >= 11 is 3.34. The van der Waals surface area contributed by atoms with Crippen molar-refractivity contribution < 1.29 is 33.4 Å². The second kappa shape index (κ2) is 11.3. The lowest BCUT2D eigenvalue weighted by atomic mass is 10.0. The number of carbonyl (C=O) groups is 4.